The lowest BCUT2D eigenvalue weighted by Crippen LogP contribution is -2.02. The van der Waals surface area contributed by atoms with E-state index in [1.165, 1.54) is 0 Å². The zero-order chi connectivity index (χ0) is 15.4. The van der Waals surface area contributed by atoms with Crippen LogP contribution in [0.3, 0.4) is 0 Å². The van der Waals surface area contributed by atoms with Gasteiger partial charge < -0.3 is 9.84 Å². The van der Waals surface area contributed by atoms with Gasteiger partial charge in [-0.25, -0.2) is 0 Å². The first-order valence-corrected chi connectivity index (χ1v) is 7.11. The number of halogens is 1. The van der Waals surface area contributed by atoms with Crippen LogP contribution in [-0.2, 0) is 11.2 Å². The first kappa shape index (κ1) is 15.4. The molecule has 0 spiro atoms. The number of hydrogen-bond donors (Lipinski definition) is 1. The first-order valence-electron chi connectivity index (χ1n) is 6.73. The topological polar surface area (TPSA) is 46.5 Å². The largest absolute Gasteiger partial charge is 0.481 e. The van der Waals surface area contributed by atoms with E-state index < -0.39 is 5.97 Å². The summed E-state index contributed by atoms with van der Waals surface area (Å²) < 4.78 is 5.90. The maximum Gasteiger partial charge on any atom is 0.307 e. The van der Waals surface area contributed by atoms with Crippen molar-refractivity contribution >= 4 is 17.6 Å². The van der Waals surface area contributed by atoms with Crippen LogP contribution < -0.4 is 4.74 Å². The zero-order valence-corrected chi connectivity index (χ0v) is 12.7. The SMILES string of the molecule is CC(C)c1ccc(CC(=O)O)cc1Oc1cccc(Cl)c1. The highest BCUT2D eigenvalue weighted by molar-refractivity contribution is 6.30. The van der Waals surface area contributed by atoms with Gasteiger partial charge in [-0.1, -0.05) is 43.6 Å². The minimum Gasteiger partial charge on any atom is -0.481 e. The van der Waals surface area contributed by atoms with Crippen LogP contribution in [0.2, 0.25) is 5.02 Å². The fraction of sp³-hybridized carbons (Fsp3) is 0.235. The molecule has 0 radical (unpaired) electrons. The predicted octanol–water partition coefficient (Wildman–Crippen LogP) is 4.88. The van der Waals surface area contributed by atoms with E-state index in [9.17, 15) is 4.79 Å². The number of rotatable bonds is 5. The molecule has 0 saturated heterocycles. The lowest BCUT2D eigenvalue weighted by molar-refractivity contribution is -0.136. The van der Waals surface area contributed by atoms with Crippen LogP contribution in [0, 0.1) is 0 Å². The minimum atomic E-state index is -0.860. The lowest BCUT2D eigenvalue weighted by atomic mass is 9.99. The lowest BCUT2D eigenvalue weighted by Gasteiger charge is -2.15. The molecule has 3 nitrogen and oxygen atoms in total. The van der Waals surface area contributed by atoms with Gasteiger partial charge in [-0.05, 0) is 41.3 Å². The summed E-state index contributed by atoms with van der Waals surface area (Å²) in [6.45, 7) is 4.13. The Bertz CT molecular complexity index is 650. The molecule has 2 aromatic rings. The molecule has 0 aliphatic carbocycles. The summed E-state index contributed by atoms with van der Waals surface area (Å²) in [5.74, 6) is 0.724. The summed E-state index contributed by atoms with van der Waals surface area (Å²) in [5, 5.41) is 9.50. The number of carboxylic acid groups (broad SMARTS) is 1. The van der Waals surface area contributed by atoms with E-state index in [4.69, 9.17) is 21.4 Å². The molecule has 0 amide bonds. The van der Waals surface area contributed by atoms with E-state index in [0.29, 0.717) is 22.1 Å². The Kier molecular flexibility index (Phi) is 4.86. The number of carbonyl (C=O) groups is 1. The molecule has 0 bridgehead atoms. The highest BCUT2D eigenvalue weighted by Gasteiger charge is 2.11. The molecular weight excluding hydrogens is 288 g/mol. The summed E-state index contributed by atoms with van der Waals surface area (Å²) in [5.41, 5.74) is 1.74. The molecule has 21 heavy (non-hydrogen) atoms. The zero-order valence-electron chi connectivity index (χ0n) is 12.0. The standard InChI is InChI=1S/C17H17ClO3/c1-11(2)15-7-6-12(9-17(19)20)8-16(15)21-14-5-3-4-13(18)10-14/h3-8,10-11H,9H2,1-2H3,(H,19,20). The van der Waals surface area contributed by atoms with Crippen molar-refractivity contribution in [3.8, 4) is 11.5 Å². The molecule has 0 fully saturated rings. The van der Waals surface area contributed by atoms with Crippen molar-refractivity contribution < 1.29 is 14.6 Å². The Morgan fingerprint density at radius 1 is 1.24 bits per heavy atom. The fourth-order valence-corrected chi connectivity index (χ4v) is 2.27. The van der Waals surface area contributed by atoms with Gasteiger partial charge in [0, 0.05) is 5.02 Å². The maximum absolute atomic E-state index is 10.8. The molecule has 2 rings (SSSR count). The van der Waals surface area contributed by atoms with E-state index in [1.54, 1.807) is 18.2 Å². The summed E-state index contributed by atoms with van der Waals surface area (Å²) >= 11 is 5.96. The summed E-state index contributed by atoms with van der Waals surface area (Å²) in [6, 6.07) is 12.7. The third kappa shape index (κ3) is 4.23. The van der Waals surface area contributed by atoms with Gasteiger partial charge >= 0.3 is 5.97 Å². The number of hydrogen-bond acceptors (Lipinski definition) is 2. The van der Waals surface area contributed by atoms with Crippen molar-refractivity contribution in [2.75, 3.05) is 0 Å². The van der Waals surface area contributed by atoms with Crippen molar-refractivity contribution in [1.29, 1.82) is 0 Å². The molecule has 0 heterocycles. The molecule has 0 unspecified atom stereocenters. The number of benzene rings is 2. The highest BCUT2D eigenvalue weighted by atomic mass is 35.5. The Balaban J connectivity index is 2.36. The summed E-state index contributed by atoms with van der Waals surface area (Å²) in [4.78, 5) is 10.8. The van der Waals surface area contributed by atoms with Crippen molar-refractivity contribution in [3.63, 3.8) is 0 Å². The quantitative estimate of drug-likeness (QED) is 0.856. The van der Waals surface area contributed by atoms with Crippen LogP contribution in [0.15, 0.2) is 42.5 Å². The van der Waals surface area contributed by atoms with Gasteiger partial charge in [0.1, 0.15) is 11.5 Å². The Labute approximate surface area is 129 Å². The normalized spacial score (nSPS) is 10.7. The molecule has 4 heteroatoms. The van der Waals surface area contributed by atoms with Gasteiger partial charge in [0.25, 0.3) is 0 Å². The molecular formula is C17H17ClO3. The second-order valence-electron chi connectivity index (χ2n) is 5.16. The Morgan fingerprint density at radius 3 is 2.62 bits per heavy atom. The summed E-state index contributed by atoms with van der Waals surface area (Å²) in [6.07, 6.45) is -0.0235. The number of aliphatic carboxylic acids is 1. The summed E-state index contributed by atoms with van der Waals surface area (Å²) in [7, 11) is 0. The number of carboxylic acids is 1. The van der Waals surface area contributed by atoms with E-state index in [-0.39, 0.29) is 12.3 Å². The van der Waals surface area contributed by atoms with Crippen molar-refractivity contribution in [3.05, 3.63) is 58.6 Å². The minimum absolute atomic E-state index is 0.0235. The molecule has 0 aliphatic rings. The van der Waals surface area contributed by atoms with Crippen molar-refractivity contribution in [2.24, 2.45) is 0 Å². The average molecular weight is 305 g/mol. The molecule has 0 aliphatic heterocycles. The van der Waals surface area contributed by atoms with Crippen molar-refractivity contribution in [1.82, 2.24) is 0 Å². The second-order valence-corrected chi connectivity index (χ2v) is 5.59. The molecule has 110 valence electrons. The first-order chi connectivity index (χ1) is 9.95. The van der Waals surface area contributed by atoms with E-state index in [1.807, 2.05) is 24.3 Å². The maximum atomic E-state index is 10.8. The average Bonchev–Trinajstić information content (AvgIpc) is 2.37. The Morgan fingerprint density at radius 2 is 2.00 bits per heavy atom. The van der Waals surface area contributed by atoms with Gasteiger partial charge in [-0.2, -0.15) is 0 Å². The van der Waals surface area contributed by atoms with Crippen LogP contribution in [0.25, 0.3) is 0 Å². The van der Waals surface area contributed by atoms with Crippen LogP contribution in [0.1, 0.15) is 30.9 Å². The highest BCUT2D eigenvalue weighted by Crippen LogP contribution is 2.32. The smallest absolute Gasteiger partial charge is 0.307 e. The predicted molar refractivity (Wildman–Crippen MR) is 83.4 cm³/mol. The van der Waals surface area contributed by atoms with Gasteiger partial charge in [-0.3, -0.25) is 4.79 Å². The third-order valence-electron chi connectivity index (χ3n) is 3.08. The molecule has 2 aromatic carbocycles. The van der Waals surface area contributed by atoms with Gasteiger partial charge in [0.2, 0.25) is 0 Å². The van der Waals surface area contributed by atoms with E-state index >= 15 is 0 Å². The van der Waals surface area contributed by atoms with Gasteiger partial charge in [0.15, 0.2) is 0 Å². The molecule has 0 atom stereocenters. The van der Waals surface area contributed by atoms with Gasteiger partial charge in [-0.15, -0.1) is 0 Å². The molecule has 0 saturated carbocycles. The monoisotopic (exact) mass is 304 g/mol. The van der Waals surface area contributed by atoms with Crippen LogP contribution in [0.4, 0.5) is 0 Å². The van der Waals surface area contributed by atoms with Gasteiger partial charge in [0.05, 0.1) is 6.42 Å². The third-order valence-corrected chi connectivity index (χ3v) is 3.31. The van der Waals surface area contributed by atoms with E-state index in [2.05, 4.69) is 13.8 Å². The second kappa shape index (κ2) is 6.64. The molecule has 1 N–H and O–H groups in total. The van der Waals surface area contributed by atoms with Crippen LogP contribution in [-0.4, -0.2) is 11.1 Å². The Hall–Kier alpha value is -2.00. The van der Waals surface area contributed by atoms with Crippen LogP contribution >= 0.6 is 11.6 Å². The van der Waals surface area contributed by atoms with Crippen LogP contribution in [0.5, 0.6) is 11.5 Å². The van der Waals surface area contributed by atoms with Crippen molar-refractivity contribution in [2.45, 2.75) is 26.2 Å². The number of ether oxygens (including phenoxy) is 1. The molecule has 0 aromatic heterocycles. The fourth-order valence-electron chi connectivity index (χ4n) is 2.09. The van der Waals surface area contributed by atoms with E-state index in [0.717, 1.165) is 5.56 Å².